The Bertz CT molecular complexity index is 438. The summed E-state index contributed by atoms with van der Waals surface area (Å²) in [6.07, 6.45) is 0. The summed E-state index contributed by atoms with van der Waals surface area (Å²) in [7, 11) is 0. The third-order valence-electron chi connectivity index (χ3n) is 2.74. The molecule has 1 aromatic carbocycles. The van der Waals surface area contributed by atoms with Crippen LogP contribution in [0.1, 0.15) is 18.4 Å². The Hall–Kier alpha value is -0.310. The van der Waals surface area contributed by atoms with Crippen LogP contribution in [0.5, 0.6) is 0 Å². The Morgan fingerprint density at radius 1 is 1.38 bits per heavy atom. The summed E-state index contributed by atoms with van der Waals surface area (Å²) in [5.74, 6) is -1.41. The lowest BCUT2D eigenvalue weighted by molar-refractivity contribution is -0.118. The van der Waals surface area contributed by atoms with Crippen molar-refractivity contribution in [2.75, 3.05) is 0 Å². The standard InChI is InChI=1S/C11H8Cl3FO/c1-5(16)9-10(11(9,13)14)6-2-7(12)4-8(15)3-6/h2-4,9-10H,1H3. The van der Waals surface area contributed by atoms with Gasteiger partial charge >= 0.3 is 0 Å². The molecule has 2 rings (SSSR count). The highest BCUT2D eigenvalue weighted by Gasteiger charge is 2.66. The molecular formula is C11H8Cl3FO. The first-order chi connectivity index (χ1) is 7.34. The molecule has 1 saturated carbocycles. The molecule has 16 heavy (non-hydrogen) atoms. The number of carbonyl (C=O) groups is 1. The molecule has 0 aliphatic heterocycles. The molecule has 2 atom stereocenters. The zero-order valence-electron chi connectivity index (χ0n) is 8.31. The SMILES string of the molecule is CC(=O)C1C(c2cc(F)cc(Cl)c2)C1(Cl)Cl. The Morgan fingerprint density at radius 3 is 2.44 bits per heavy atom. The van der Waals surface area contributed by atoms with Gasteiger partial charge in [0.05, 0.1) is 5.92 Å². The average molecular weight is 282 g/mol. The molecule has 0 aromatic heterocycles. The number of alkyl halides is 2. The van der Waals surface area contributed by atoms with Crippen LogP contribution >= 0.6 is 34.8 Å². The van der Waals surface area contributed by atoms with Gasteiger partial charge in [-0.15, -0.1) is 23.2 Å². The Labute approximate surface area is 107 Å². The third-order valence-corrected chi connectivity index (χ3v) is 3.89. The predicted octanol–water partition coefficient (Wildman–Crippen LogP) is 3.96. The summed E-state index contributed by atoms with van der Waals surface area (Å²) < 4.78 is 12.0. The number of hydrogen-bond acceptors (Lipinski definition) is 1. The second-order valence-corrected chi connectivity index (χ2v) is 5.82. The molecule has 0 spiro atoms. The summed E-state index contributed by atoms with van der Waals surface area (Å²) in [6.45, 7) is 1.42. The van der Waals surface area contributed by atoms with Crippen molar-refractivity contribution in [3.8, 4) is 0 Å². The van der Waals surface area contributed by atoms with Gasteiger partial charge in [0.15, 0.2) is 0 Å². The van der Waals surface area contributed by atoms with E-state index in [0.29, 0.717) is 5.56 Å². The van der Waals surface area contributed by atoms with Crippen molar-refractivity contribution in [3.63, 3.8) is 0 Å². The molecule has 1 nitrogen and oxygen atoms in total. The second kappa shape index (κ2) is 3.86. The fraction of sp³-hybridized carbons (Fsp3) is 0.364. The molecule has 1 aliphatic rings. The zero-order chi connectivity index (χ0) is 12.1. The van der Waals surface area contributed by atoms with Gasteiger partial charge < -0.3 is 0 Å². The maximum atomic E-state index is 13.1. The van der Waals surface area contributed by atoms with Crippen LogP contribution in [0.25, 0.3) is 0 Å². The van der Waals surface area contributed by atoms with Crippen LogP contribution < -0.4 is 0 Å². The van der Waals surface area contributed by atoms with E-state index in [1.807, 2.05) is 0 Å². The fourth-order valence-electron chi connectivity index (χ4n) is 2.00. The molecule has 0 saturated heterocycles. The molecule has 0 heterocycles. The average Bonchev–Trinajstić information content (AvgIpc) is 2.67. The third kappa shape index (κ3) is 1.94. The first-order valence-electron chi connectivity index (χ1n) is 4.68. The van der Waals surface area contributed by atoms with E-state index in [0.717, 1.165) is 0 Å². The smallest absolute Gasteiger partial charge is 0.136 e. The molecule has 0 N–H and O–H groups in total. The van der Waals surface area contributed by atoms with Crippen LogP contribution in [0.3, 0.4) is 0 Å². The maximum Gasteiger partial charge on any atom is 0.136 e. The second-order valence-electron chi connectivity index (χ2n) is 3.94. The van der Waals surface area contributed by atoms with E-state index < -0.39 is 16.1 Å². The van der Waals surface area contributed by atoms with Crippen molar-refractivity contribution in [3.05, 3.63) is 34.6 Å². The van der Waals surface area contributed by atoms with Gasteiger partial charge in [0.1, 0.15) is 15.9 Å². The van der Waals surface area contributed by atoms with Gasteiger partial charge in [-0.1, -0.05) is 11.6 Å². The lowest BCUT2D eigenvalue weighted by atomic mass is 10.1. The van der Waals surface area contributed by atoms with E-state index in [1.165, 1.54) is 19.1 Å². The van der Waals surface area contributed by atoms with Crippen molar-refractivity contribution in [2.45, 2.75) is 17.2 Å². The van der Waals surface area contributed by atoms with Crippen LogP contribution in [0, 0.1) is 11.7 Å². The fourth-order valence-corrected chi connectivity index (χ4v) is 3.17. The predicted molar refractivity (Wildman–Crippen MR) is 62.8 cm³/mol. The lowest BCUT2D eigenvalue weighted by Gasteiger charge is -2.01. The molecule has 2 unspecified atom stereocenters. The molecule has 86 valence electrons. The Balaban J connectivity index is 2.37. The van der Waals surface area contributed by atoms with Crippen LogP contribution in [-0.2, 0) is 4.79 Å². The van der Waals surface area contributed by atoms with E-state index in [1.54, 1.807) is 6.07 Å². The molecule has 5 heteroatoms. The molecule has 0 amide bonds. The van der Waals surface area contributed by atoms with Gasteiger partial charge in [0.2, 0.25) is 0 Å². The van der Waals surface area contributed by atoms with Gasteiger partial charge in [-0.05, 0) is 30.7 Å². The molecule has 0 radical (unpaired) electrons. The highest BCUT2D eigenvalue weighted by atomic mass is 35.5. The van der Waals surface area contributed by atoms with E-state index in [-0.39, 0.29) is 16.7 Å². The van der Waals surface area contributed by atoms with Crippen LogP contribution in [0.15, 0.2) is 18.2 Å². The van der Waals surface area contributed by atoms with Gasteiger partial charge in [-0.25, -0.2) is 4.39 Å². The number of ketones is 1. The van der Waals surface area contributed by atoms with Gasteiger partial charge in [-0.2, -0.15) is 0 Å². The summed E-state index contributed by atoms with van der Waals surface area (Å²) in [5, 5.41) is 0.272. The van der Waals surface area contributed by atoms with Crippen molar-refractivity contribution in [2.24, 2.45) is 5.92 Å². The summed E-state index contributed by atoms with van der Waals surface area (Å²) in [6, 6.07) is 4.08. The quantitative estimate of drug-likeness (QED) is 0.750. The van der Waals surface area contributed by atoms with E-state index in [4.69, 9.17) is 34.8 Å². The largest absolute Gasteiger partial charge is 0.300 e. The molecular weight excluding hydrogens is 273 g/mol. The lowest BCUT2D eigenvalue weighted by Crippen LogP contribution is -1.99. The highest BCUT2D eigenvalue weighted by molar-refractivity contribution is 6.53. The van der Waals surface area contributed by atoms with E-state index >= 15 is 0 Å². The van der Waals surface area contributed by atoms with Crippen LogP contribution in [0.4, 0.5) is 4.39 Å². The van der Waals surface area contributed by atoms with Crippen molar-refractivity contribution >= 4 is 40.6 Å². The van der Waals surface area contributed by atoms with Gasteiger partial charge in [-0.3, -0.25) is 4.79 Å². The molecule has 1 aliphatic carbocycles. The van der Waals surface area contributed by atoms with E-state index in [9.17, 15) is 9.18 Å². The molecule has 0 bridgehead atoms. The minimum atomic E-state index is -1.14. The number of halogens is 4. The summed E-state index contributed by atoms with van der Waals surface area (Å²) >= 11 is 17.7. The van der Waals surface area contributed by atoms with Crippen LogP contribution in [0.2, 0.25) is 5.02 Å². The van der Waals surface area contributed by atoms with Crippen molar-refractivity contribution < 1.29 is 9.18 Å². The highest BCUT2D eigenvalue weighted by Crippen LogP contribution is 2.65. The topological polar surface area (TPSA) is 17.1 Å². The van der Waals surface area contributed by atoms with Gasteiger partial charge in [0, 0.05) is 10.9 Å². The molecule has 1 aromatic rings. The number of carbonyl (C=O) groups excluding carboxylic acids is 1. The summed E-state index contributed by atoms with van der Waals surface area (Å²) in [5.41, 5.74) is 0.565. The van der Waals surface area contributed by atoms with E-state index in [2.05, 4.69) is 0 Å². The Kier molecular flexibility index (Phi) is 2.94. The number of Topliss-reactive ketones (excluding diaryl/α,β-unsaturated/α-hetero) is 1. The maximum absolute atomic E-state index is 13.1. The number of rotatable bonds is 2. The molecule has 1 fully saturated rings. The number of hydrogen-bond donors (Lipinski definition) is 0. The zero-order valence-corrected chi connectivity index (χ0v) is 10.6. The minimum Gasteiger partial charge on any atom is -0.300 e. The normalized spacial score (nSPS) is 26.6. The van der Waals surface area contributed by atoms with Crippen molar-refractivity contribution in [1.82, 2.24) is 0 Å². The number of benzene rings is 1. The van der Waals surface area contributed by atoms with Gasteiger partial charge in [0.25, 0.3) is 0 Å². The van der Waals surface area contributed by atoms with Crippen molar-refractivity contribution in [1.29, 1.82) is 0 Å². The van der Waals surface area contributed by atoms with Crippen LogP contribution in [-0.4, -0.2) is 10.1 Å². The first-order valence-corrected chi connectivity index (χ1v) is 5.81. The minimum absolute atomic E-state index is 0.101. The Morgan fingerprint density at radius 2 is 2.00 bits per heavy atom. The first kappa shape index (κ1) is 12.2. The summed E-state index contributed by atoms with van der Waals surface area (Å²) in [4.78, 5) is 11.3. The monoisotopic (exact) mass is 280 g/mol.